The van der Waals surface area contributed by atoms with Crippen LogP contribution < -0.4 is 4.90 Å². The van der Waals surface area contributed by atoms with Gasteiger partial charge in [0.15, 0.2) is 0 Å². The zero-order chi connectivity index (χ0) is 37.0. The molecule has 7 aromatic rings. The molecule has 0 N–H and O–H groups in total. The minimum atomic E-state index is 0.961. The Kier molecular flexibility index (Phi) is 12.3. The Morgan fingerprint density at radius 1 is 0.283 bits per heavy atom. The first-order chi connectivity index (χ1) is 25.8. The summed E-state index contributed by atoms with van der Waals surface area (Å²) in [6.07, 6.45) is 9.66. The number of hydrogen-bond acceptors (Lipinski definition) is 1. The molecule has 0 aromatic heterocycles. The van der Waals surface area contributed by atoms with E-state index < -0.39 is 0 Å². The van der Waals surface area contributed by atoms with E-state index in [1.807, 2.05) is 0 Å². The molecular weight excluding hydrogens is 639 g/mol. The molecule has 7 aromatic carbocycles. The Hall–Kier alpha value is -6.18. The standard InChI is InChI=1S/C44H39N.C8H10/c1-33-4-10-40(11-5-33)32-41-22-20-38(21-23-41)17-16-36-12-14-37(15-13-36)18-19-39-24-30-44(31-25-39)45(42-26-6-34(2)7-27-42)43-28-8-35(3)9-29-43;1-7-3-5-8(2)6-4-7/h4-31H,32H2,1-3H3;3-6H,1-2H3/b17-16+,19-18+;. The summed E-state index contributed by atoms with van der Waals surface area (Å²) in [6, 6.07) is 61.0. The van der Waals surface area contributed by atoms with Gasteiger partial charge in [-0.15, -0.1) is 0 Å². The number of nitrogens with zero attached hydrogens (tertiary/aromatic N) is 1. The van der Waals surface area contributed by atoms with E-state index in [2.05, 4.69) is 234 Å². The number of anilines is 3. The Morgan fingerprint density at radius 3 is 0.811 bits per heavy atom. The molecule has 0 aliphatic rings. The van der Waals surface area contributed by atoms with E-state index in [1.165, 1.54) is 61.2 Å². The topological polar surface area (TPSA) is 3.24 Å². The normalized spacial score (nSPS) is 11.0. The summed E-state index contributed by atoms with van der Waals surface area (Å²) in [7, 11) is 0. The van der Waals surface area contributed by atoms with E-state index in [0.717, 1.165) is 23.5 Å². The first-order valence-corrected chi connectivity index (χ1v) is 18.4. The maximum Gasteiger partial charge on any atom is 0.0462 e. The molecule has 1 heteroatoms. The van der Waals surface area contributed by atoms with Crippen molar-refractivity contribution in [3.8, 4) is 0 Å². The predicted octanol–water partition coefficient (Wildman–Crippen LogP) is 14.3. The number of hydrogen-bond donors (Lipinski definition) is 0. The van der Waals surface area contributed by atoms with Crippen molar-refractivity contribution in [2.45, 2.75) is 41.0 Å². The van der Waals surface area contributed by atoms with Gasteiger partial charge in [0.2, 0.25) is 0 Å². The zero-order valence-electron chi connectivity index (χ0n) is 31.6. The molecule has 0 atom stereocenters. The molecule has 0 aliphatic heterocycles. The van der Waals surface area contributed by atoms with Gasteiger partial charge in [-0.25, -0.2) is 0 Å². The second-order valence-electron chi connectivity index (χ2n) is 14.0. The first-order valence-electron chi connectivity index (χ1n) is 18.4. The fourth-order valence-electron chi connectivity index (χ4n) is 6.00. The van der Waals surface area contributed by atoms with Gasteiger partial charge in [0, 0.05) is 17.1 Å². The van der Waals surface area contributed by atoms with Crippen LogP contribution in [0.1, 0.15) is 61.2 Å². The minimum Gasteiger partial charge on any atom is -0.311 e. The molecule has 0 fully saturated rings. The fraction of sp³-hybridized carbons (Fsp3) is 0.115. The van der Waals surface area contributed by atoms with E-state index >= 15 is 0 Å². The van der Waals surface area contributed by atoms with Gasteiger partial charge in [-0.1, -0.05) is 186 Å². The lowest BCUT2D eigenvalue weighted by Crippen LogP contribution is -2.09. The van der Waals surface area contributed by atoms with Crippen LogP contribution in [0.5, 0.6) is 0 Å². The van der Waals surface area contributed by atoms with Crippen LogP contribution in [0.15, 0.2) is 170 Å². The van der Waals surface area contributed by atoms with Crippen molar-refractivity contribution in [2.75, 3.05) is 4.90 Å². The van der Waals surface area contributed by atoms with E-state index in [-0.39, 0.29) is 0 Å². The summed E-state index contributed by atoms with van der Waals surface area (Å²) >= 11 is 0. The van der Waals surface area contributed by atoms with Crippen molar-refractivity contribution in [2.24, 2.45) is 0 Å². The molecule has 53 heavy (non-hydrogen) atoms. The van der Waals surface area contributed by atoms with Crippen LogP contribution in [0.2, 0.25) is 0 Å². The summed E-state index contributed by atoms with van der Waals surface area (Å²) in [6.45, 7) is 10.6. The number of rotatable bonds is 9. The van der Waals surface area contributed by atoms with Crippen molar-refractivity contribution in [1.82, 2.24) is 0 Å². The molecule has 0 unspecified atom stereocenters. The molecule has 0 radical (unpaired) electrons. The number of aryl methyl sites for hydroxylation is 5. The molecule has 0 saturated heterocycles. The van der Waals surface area contributed by atoms with E-state index in [0.29, 0.717) is 0 Å². The third kappa shape index (κ3) is 10.9. The van der Waals surface area contributed by atoms with E-state index in [9.17, 15) is 0 Å². The SMILES string of the molecule is Cc1ccc(C)cc1.Cc1ccc(Cc2ccc(/C=C/c3ccc(/C=C/c4ccc(N(c5ccc(C)cc5)c5ccc(C)cc5)cc4)cc3)cc2)cc1. The van der Waals surface area contributed by atoms with Crippen LogP contribution in [0, 0.1) is 34.6 Å². The summed E-state index contributed by atoms with van der Waals surface area (Å²) in [4.78, 5) is 2.30. The lowest BCUT2D eigenvalue weighted by molar-refractivity contribution is 1.19. The minimum absolute atomic E-state index is 0.961. The van der Waals surface area contributed by atoms with Gasteiger partial charge in [0.05, 0.1) is 0 Å². The third-order valence-electron chi connectivity index (χ3n) is 9.34. The van der Waals surface area contributed by atoms with Crippen LogP contribution in [-0.4, -0.2) is 0 Å². The molecular formula is C52H49N. The second-order valence-corrected chi connectivity index (χ2v) is 14.0. The second kappa shape index (κ2) is 17.8. The molecule has 262 valence electrons. The molecule has 0 amide bonds. The van der Waals surface area contributed by atoms with Gasteiger partial charge < -0.3 is 4.90 Å². The predicted molar refractivity (Wildman–Crippen MR) is 231 cm³/mol. The summed E-state index contributed by atoms with van der Waals surface area (Å²) in [5.41, 5.74) is 17.3. The Morgan fingerprint density at radius 2 is 0.491 bits per heavy atom. The third-order valence-corrected chi connectivity index (χ3v) is 9.34. The highest BCUT2D eigenvalue weighted by Crippen LogP contribution is 2.35. The van der Waals surface area contributed by atoms with Crippen LogP contribution in [0.3, 0.4) is 0 Å². The maximum absolute atomic E-state index is 2.30. The average molecular weight is 688 g/mol. The summed E-state index contributed by atoms with van der Waals surface area (Å²) in [5.74, 6) is 0. The number of benzene rings is 7. The first kappa shape index (κ1) is 36.6. The van der Waals surface area contributed by atoms with Crippen LogP contribution in [-0.2, 0) is 6.42 Å². The lowest BCUT2D eigenvalue weighted by atomic mass is 10.0. The Labute approximate surface area is 317 Å². The Bertz CT molecular complexity index is 2150. The van der Waals surface area contributed by atoms with Gasteiger partial charge in [-0.2, -0.15) is 0 Å². The molecule has 0 spiro atoms. The fourth-order valence-corrected chi connectivity index (χ4v) is 6.00. The van der Waals surface area contributed by atoms with Gasteiger partial charge >= 0.3 is 0 Å². The quantitative estimate of drug-likeness (QED) is 0.137. The highest BCUT2D eigenvalue weighted by molar-refractivity contribution is 5.78. The lowest BCUT2D eigenvalue weighted by Gasteiger charge is -2.25. The molecule has 7 rings (SSSR count). The van der Waals surface area contributed by atoms with Gasteiger partial charge in [-0.3, -0.25) is 0 Å². The molecule has 0 aliphatic carbocycles. The van der Waals surface area contributed by atoms with Crippen molar-refractivity contribution in [1.29, 1.82) is 0 Å². The average Bonchev–Trinajstić information content (AvgIpc) is 3.18. The van der Waals surface area contributed by atoms with Gasteiger partial charge in [0.1, 0.15) is 0 Å². The molecule has 1 nitrogen and oxygen atoms in total. The van der Waals surface area contributed by atoms with Crippen molar-refractivity contribution in [3.05, 3.63) is 231 Å². The Balaban J connectivity index is 0.000000533. The molecule has 0 heterocycles. The van der Waals surface area contributed by atoms with Crippen LogP contribution in [0.25, 0.3) is 24.3 Å². The van der Waals surface area contributed by atoms with E-state index in [1.54, 1.807) is 0 Å². The van der Waals surface area contributed by atoms with Crippen LogP contribution in [0.4, 0.5) is 17.1 Å². The van der Waals surface area contributed by atoms with Gasteiger partial charge in [0.25, 0.3) is 0 Å². The van der Waals surface area contributed by atoms with Crippen molar-refractivity contribution >= 4 is 41.4 Å². The van der Waals surface area contributed by atoms with Crippen molar-refractivity contribution in [3.63, 3.8) is 0 Å². The highest BCUT2D eigenvalue weighted by Gasteiger charge is 2.12. The zero-order valence-corrected chi connectivity index (χ0v) is 31.6. The monoisotopic (exact) mass is 687 g/mol. The van der Waals surface area contributed by atoms with Crippen LogP contribution >= 0.6 is 0 Å². The summed E-state index contributed by atoms with van der Waals surface area (Å²) < 4.78 is 0. The van der Waals surface area contributed by atoms with Crippen molar-refractivity contribution < 1.29 is 0 Å². The largest absolute Gasteiger partial charge is 0.311 e. The smallest absolute Gasteiger partial charge is 0.0462 e. The highest BCUT2D eigenvalue weighted by atomic mass is 15.1. The molecule has 0 saturated carbocycles. The maximum atomic E-state index is 2.30. The van der Waals surface area contributed by atoms with E-state index in [4.69, 9.17) is 0 Å². The summed E-state index contributed by atoms with van der Waals surface area (Å²) in [5, 5.41) is 0. The molecule has 0 bridgehead atoms. The van der Waals surface area contributed by atoms with Gasteiger partial charge in [-0.05, 0) is 111 Å².